The highest BCUT2D eigenvalue weighted by molar-refractivity contribution is 9.09. The van der Waals surface area contributed by atoms with E-state index in [4.69, 9.17) is 4.74 Å². The Kier molecular flexibility index (Phi) is 5.99. The number of hydrogen-bond acceptors (Lipinski definition) is 2. The van der Waals surface area contributed by atoms with Gasteiger partial charge in [-0.05, 0) is 32.1 Å². The summed E-state index contributed by atoms with van der Waals surface area (Å²) >= 11 is 3.47. The van der Waals surface area contributed by atoms with E-state index in [1.807, 2.05) is 20.8 Å². The summed E-state index contributed by atoms with van der Waals surface area (Å²) < 4.78 is 5.29. The average molecular weight is 308 g/mol. The molecule has 0 saturated heterocycles. The summed E-state index contributed by atoms with van der Waals surface area (Å²) in [5.41, 5.74) is -0.450. The van der Waals surface area contributed by atoms with Crippen molar-refractivity contribution in [2.45, 2.75) is 60.1 Å². The van der Waals surface area contributed by atoms with E-state index in [0.717, 1.165) is 5.33 Å². The van der Waals surface area contributed by atoms with Crippen LogP contribution in [0.5, 0.6) is 0 Å². The summed E-state index contributed by atoms with van der Waals surface area (Å²) in [6.45, 7) is 14.1. The molecule has 0 rings (SSSR count). The van der Waals surface area contributed by atoms with Gasteiger partial charge in [0.05, 0.1) is 0 Å². The lowest BCUT2D eigenvalue weighted by molar-refractivity contribution is 0.0437. The summed E-state index contributed by atoms with van der Waals surface area (Å²) in [5, 5.41) is 3.82. The van der Waals surface area contributed by atoms with Crippen LogP contribution in [-0.4, -0.2) is 23.1 Å². The van der Waals surface area contributed by atoms with Crippen LogP contribution in [0.15, 0.2) is 0 Å². The van der Waals surface area contributed by atoms with Gasteiger partial charge < -0.3 is 10.1 Å². The molecule has 0 spiro atoms. The Morgan fingerprint density at radius 2 is 1.71 bits per heavy atom. The Labute approximate surface area is 114 Å². The molecule has 0 radical (unpaired) electrons. The number of rotatable bonds is 3. The molecule has 1 amide bonds. The van der Waals surface area contributed by atoms with Crippen molar-refractivity contribution in [2.24, 2.45) is 11.3 Å². The van der Waals surface area contributed by atoms with Crippen molar-refractivity contribution in [3.63, 3.8) is 0 Å². The van der Waals surface area contributed by atoms with Crippen molar-refractivity contribution < 1.29 is 9.53 Å². The van der Waals surface area contributed by atoms with Crippen LogP contribution < -0.4 is 5.32 Å². The monoisotopic (exact) mass is 307 g/mol. The number of carbonyl (C=O) groups is 1. The molecule has 0 saturated carbocycles. The molecule has 3 nitrogen and oxygen atoms in total. The number of hydrogen-bond donors (Lipinski definition) is 1. The molecule has 2 atom stereocenters. The maximum absolute atomic E-state index is 11.8. The molecule has 0 aliphatic carbocycles. The van der Waals surface area contributed by atoms with Crippen LogP contribution in [0.2, 0.25) is 0 Å². The molecule has 0 aliphatic heterocycles. The first-order chi connectivity index (χ1) is 7.47. The number of carbonyl (C=O) groups excluding carboxylic acids is 1. The summed E-state index contributed by atoms with van der Waals surface area (Å²) in [7, 11) is 0. The predicted octanol–water partition coefficient (Wildman–Crippen LogP) is 3.96. The zero-order chi connectivity index (χ0) is 13.9. The normalized spacial score (nSPS) is 16.2. The lowest BCUT2D eigenvalue weighted by atomic mass is 9.80. The molecule has 0 aliphatic rings. The Morgan fingerprint density at radius 3 is 2.00 bits per heavy atom. The molecule has 17 heavy (non-hydrogen) atoms. The van der Waals surface area contributed by atoms with Crippen molar-refractivity contribution in [1.82, 2.24) is 5.32 Å². The largest absolute Gasteiger partial charge is 0.444 e. The van der Waals surface area contributed by atoms with E-state index < -0.39 is 5.60 Å². The number of amides is 1. The van der Waals surface area contributed by atoms with E-state index in [2.05, 4.69) is 48.9 Å². The SMILES string of the molecule is CC(CBr)C(NC(=O)OC(C)(C)C)C(C)(C)C. The Hall–Kier alpha value is -0.250. The van der Waals surface area contributed by atoms with Crippen LogP contribution in [0, 0.1) is 11.3 Å². The van der Waals surface area contributed by atoms with Crippen LogP contribution in [0.3, 0.4) is 0 Å². The van der Waals surface area contributed by atoms with Crippen molar-refractivity contribution >= 4 is 22.0 Å². The van der Waals surface area contributed by atoms with Gasteiger partial charge in [0, 0.05) is 11.4 Å². The highest BCUT2D eigenvalue weighted by atomic mass is 79.9. The third-order valence-electron chi connectivity index (χ3n) is 2.42. The minimum atomic E-state index is -0.454. The van der Waals surface area contributed by atoms with Gasteiger partial charge >= 0.3 is 6.09 Å². The second-order valence-corrected chi connectivity index (χ2v) is 7.27. The highest BCUT2D eigenvalue weighted by Crippen LogP contribution is 2.26. The average Bonchev–Trinajstić information content (AvgIpc) is 2.08. The molecule has 0 aromatic heterocycles. The number of nitrogens with one attached hydrogen (secondary N) is 1. The third-order valence-corrected chi connectivity index (χ3v) is 3.44. The van der Waals surface area contributed by atoms with Crippen LogP contribution >= 0.6 is 15.9 Å². The van der Waals surface area contributed by atoms with Crippen molar-refractivity contribution in [1.29, 1.82) is 0 Å². The lowest BCUT2D eigenvalue weighted by Crippen LogP contribution is -2.49. The Bertz CT molecular complexity index is 253. The van der Waals surface area contributed by atoms with E-state index in [-0.39, 0.29) is 17.6 Å². The third kappa shape index (κ3) is 6.92. The van der Waals surface area contributed by atoms with E-state index in [9.17, 15) is 4.79 Å². The lowest BCUT2D eigenvalue weighted by Gasteiger charge is -2.36. The zero-order valence-corrected chi connectivity index (χ0v) is 13.6. The van der Waals surface area contributed by atoms with Crippen molar-refractivity contribution in [3.05, 3.63) is 0 Å². The Morgan fingerprint density at radius 1 is 1.24 bits per heavy atom. The van der Waals surface area contributed by atoms with Crippen molar-refractivity contribution in [3.8, 4) is 0 Å². The predicted molar refractivity (Wildman–Crippen MR) is 75.6 cm³/mol. The summed E-state index contributed by atoms with van der Waals surface area (Å²) in [4.78, 5) is 11.8. The van der Waals surface area contributed by atoms with Gasteiger partial charge in [0.1, 0.15) is 5.60 Å². The molecule has 4 heteroatoms. The second kappa shape index (κ2) is 6.07. The van der Waals surface area contributed by atoms with Gasteiger partial charge in [-0.25, -0.2) is 4.79 Å². The standard InChI is InChI=1S/C13H26BrNO2/c1-9(8-14)10(12(2,3)4)15-11(16)17-13(5,6)7/h9-10H,8H2,1-7H3,(H,15,16). The quantitative estimate of drug-likeness (QED) is 0.802. The fourth-order valence-corrected chi connectivity index (χ4v) is 2.11. The Balaban J connectivity index is 4.61. The molecule has 1 N–H and O–H groups in total. The fraction of sp³-hybridized carbons (Fsp3) is 0.923. The molecule has 0 aromatic carbocycles. The van der Waals surface area contributed by atoms with Gasteiger partial charge in [0.2, 0.25) is 0 Å². The maximum Gasteiger partial charge on any atom is 0.407 e. The minimum absolute atomic E-state index is 0.00406. The van der Waals surface area contributed by atoms with Gasteiger partial charge in [-0.1, -0.05) is 43.6 Å². The number of alkyl carbamates (subject to hydrolysis) is 1. The summed E-state index contributed by atoms with van der Waals surface area (Å²) in [6.07, 6.45) is -0.342. The topological polar surface area (TPSA) is 38.3 Å². The van der Waals surface area contributed by atoms with Crippen LogP contribution in [0.25, 0.3) is 0 Å². The minimum Gasteiger partial charge on any atom is -0.444 e. The van der Waals surface area contributed by atoms with Gasteiger partial charge in [0.25, 0.3) is 0 Å². The van der Waals surface area contributed by atoms with E-state index >= 15 is 0 Å². The maximum atomic E-state index is 11.8. The summed E-state index contributed by atoms with van der Waals surface area (Å²) in [5.74, 6) is 0.350. The number of ether oxygens (including phenoxy) is 1. The first kappa shape index (κ1) is 16.8. The molecule has 102 valence electrons. The fourth-order valence-electron chi connectivity index (χ4n) is 1.74. The van der Waals surface area contributed by atoms with Gasteiger partial charge in [0.15, 0.2) is 0 Å². The number of alkyl halides is 1. The van der Waals surface area contributed by atoms with E-state index in [1.54, 1.807) is 0 Å². The van der Waals surface area contributed by atoms with Gasteiger partial charge in [-0.2, -0.15) is 0 Å². The molecule has 0 bridgehead atoms. The van der Waals surface area contributed by atoms with Crippen LogP contribution in [-0.2, 0) is 4.74 Å². The van der Waals surface area contributed by atoms with Crippen LogP contribution in [0.4, 0.5) is 4.79 Å². The van der Waals surface area contributed by atoms with Gasteiger partial charge in [-0.15, -0.1) is 0 Å². The molecule has 0 aromatic rings. The first-order valence-electron chi connectivity index (χ1n) is 6.03. The summed E-state index contributed by atoms with van der Waals surface area (Å²) in [6, 6.07) is 0.0803. The van der Waals surface area contributed by atoms with Gasteiger partial charge in [-0.3, -0.25) is 0 Å². The van der Waals surface area contributed by atoms with Crippen LogP contribution in [0.1, 0.15) is 48.5 Å². The first-order valence-corrected chi connectivity index (χ1v) is 7.15. The molecule has 2 unspecified atom stereocenters. The molecule has 0 fully saturated rings. The smallest absolute Gasteiger partial charge is 0.407 e. The molecule has 0 heterocycles. The van der Waals surface area contributed by atoms with E-state index in [1.165, 1.54) is 0 Å². The molecular weight excluding hydrogens is 282 g/mol. The second-order valence-electron chi connectivity index (χ2n) is 6.62. The van der Waals surface area contributed by atoms with Crippen molar-refractivity contribution in [2.75, 3.05) is 5.33 Å². The van der Waals surface area contributed by atoms with E-state index in [0.29, 0.717) is 5.92 Å². The number of halogens is 1. The zero-order valence-electron chi connectivity index (χ0n) is 12.1. The molecular formula is C13H26BrNO2. The highest BCUT2D eigenvalue weighted by Gasteiger charge is 2.31.